The molecule has 4 N–H and O–H groups in total. The van der Waals surface area contributed by atoms with Gasteiger partial charge in [-0.3, -0.25) is 4.79 Å². The number of aromatic nitrogens is 3. The van der Waals surface area contributed by atoms with E-state index in [0.717, 1.165) is 37.0 Å². The maximum Gasteiger partial charge on any atom is 0.306 e. The number of rotatable bonds is 5. The van der Waals surface area contributed by atoms with Crippen molar-refractivity contribution in [2.45, 2.75) is 75.8 Å². The second-order valence-electron chi connectivity index (χ2n) is 11.1. The van der Waals surface area contributed by atoms with E-state index < -0.39 is 23.9 Å². The zero-order valence-corrected chi connectivity index (χ0v) is 18.9. The SMILES string of the molecule is C[C@@]1(c2ccc3c(N)ncnn23)O[C@H](COC(=O)C[C@]23CC4CC(C[C@@H](C4)C2)C3)[C@@H](O)[C@H]1O. The van der Waals surface area contributed by atoms with Gasteiger partial charge in [-0.15, -0.1) is 0 Å². The van der Waals surface area contributed by atoms with Crippen molar-refractivity contribution in [3.8, 4) is 0 Å². The van der Waals surface area contributed by atoms with Gasteiger partial charge in [0.1, 0.15) is 42.4 Å². The number of fused-ring (bicyclic) bond motifs is 1. The van der Waals surface area contributed by atoms with E-state index in [0.29, 0.717) is 23.4 Å². The van der Waals surface area contributed by atoms with Gasteiger partial charge in [-0.05, 0) is 80.8 Å². The maximum atomic E-state index is 12.8. The van der Waals surface area contributed by atoms with E-state index in [1.165, 1.54) is 25.6 Å². The van der Waals surface area contributed by atoms with Gasteiger partial charge in [-0.2, -0.15) is 5.10 Å². The molecule has 4 atom stereocenters. The Morgan fingerprint density at radius 2 is 1.88 bits per heavy atom. The van der Waals surface area contributed by atoms with Crippen LogP contribution in [-0.2, 0) is 19.9 Å². The van der Waals surface area contributed by atoms with E-state index in [1.54, 1.807) is 23.6 Å². The third-order valence-electron chi connectivity index (χ3n) is 8.75. The van der Waals surface area contributed by atoms with Gasteiger partial charge in [0.15, 0.2) is 5.82 Å². The molecule has 33 heavy (non-hydrogen) atoms. The van der Waals surface area contributed by atoms with Crippen molar-refractivity contribution in [3.05, 3.63) is 24.2 Å². The monoisotopic (exact) mass is 456 g/mol. The summed E-state index contributed by atoms with van der Waals surface area (Å²) in [6.45, 7) is 1.59. The number of nitrogen functional groups attached to an aromatic ring is 1. The average Bonchev–Trinajstić information content (AvgIpc) is 3.28. The number of hydrogen-bond donors (Lipinski definition) is 3. The summed E-state index contributed by atoms with van der Waals surface area (Å²) in [5.74, 6) is 2.39. The fraction of sp³-hybridized carbons (Fsp3) is 0.708. The Morgan fingerprint density at radius 1 is 1.21 bits per heavy atom. The second-order valence-corrected chi connectivity index (χ2v) is 11.1. The number of ether oxygens (including phenoxy) is 2. The minimum atomic E-state index is -1.25. The third kappa shape index (κ3) is 3.35. The summed E-state index contributed by atoms with van der Waals surface area (Å²) in [5, 5.41) is 25.8. The fourth-order valence-electron chi connectivity index (χ4n) is 7.70. The first-order chi connectivity index (χ1) is 15.8. The minimum absolute atomic E-state index is 0.0967. The van der Waals surface area contributed by atoms with Crippen molar-refractivity contribution in [3.63, 3.8) is 0 Å². The molecule has 178 valence electrons. The van der Waals surface area contributed by atoms with E-state index in [1.807, 2.05) is 0 Å². The normalized spacial score (nSPS) is 41.7. The van der Waals surface area contributed by atoms with Crippen LogP contribution in [-0.4, -0.2) is 55.7 Å². The van der Waals surface area contributed by atoms with Crippen LogP contribution < -0.4 is 5.73 Å². The summed E-state index contributed by atoms with van der Waals surface area (Å²) < 4.78 is 13.3. The molecule has 7 rings (SSSR count). The zero-order chi connectivity index (χ0) is 23.0. The Hall–Kier alpha value is -2.23. The molecule has 5 aliphatic rings. The number of aliphatic hydroxyl groups is 2. The van der Waals surface area contributed by atoms with Crippen LogP contribution in [0, 0.1) is 23.2 Å². The number of hydrogen-bond acceptors (Lipinski definition) is 8. The van der Waals surface area contributed by atoms with Crippen molar-refractivity contribution < 1.29 is 24.5 Å². The van der Waals surface area contributed by atoms with Crippen molar-refractivity contribution in [1.82, 2.24) is 14.6 Å². The number of carbonyl (C=O) groups excluding carboxylic acids is 1. The highest BCUT2D eigenvalue weighted by atomic mass is 16.6. The number of nitrogens with two attached hydrogens (primary N) is 1. The second kappa shape index (κ2) is 7.38. The van der Waals surface area contributed by atoms with E-state index >= 15 is 0 Å². The summed E-state index contributed by atoms with van der Waals surface area (Å²) in [5.41, 5.74) is 5.90. The van der Waals surface area contributed by atoms with Crippen LogP contribution in [0.2, 0.25) is 0 Å². The number of esters is 1. The highest BCUT2D eigenvalue weighted by molar-refractivity contribution is 5.70. The Bertz CT molecular complexity index is 1050. The van der Waals surface area contributed by atoms with Gasteiger partial charge in [-0.1, -0.05) is 0 Å². The summed E-state index contributed by atoms with van der Waals surface area (Å²) in [4.78, 5) is 16.8. The summed E-state index contributed by atoms with van der Waals surface area (Å²) in [6.07, 6.45) is 5.92. The molecule has 0 unspecified atom stereocenters. The van der Waals surface area contributed by atoms with Crippen molar-refractivity contribution in [2.75, 3.05) is 12.3 Å². The summed E-state index contributed by atoms with van der Waals surface area (Å²) in [6, 6.07) is 3.49. The number of nitrogens with zero attached hydrogens (tertiary/aromatic N) is 3. The summed E-state index contributed by atoms with van der Waals surface area (Å²) in [7, 11) is 0. The molecular formula is C24H32N4O5. The third-order valence-corrected chi connectivity index (χ3v) is 8.75. The van der Waals surface area contributed by atoms with Crippen LogP contribution >= 0.6 is 0 Å². The minimum Gasteiger partial charge on any atom is -0.463 e. The highest BCUT2D eigenvalue weighted by Crippen LogP contribution is 2.61. The molecule has 2 aromatic rings. The molecule has 1 saturated heterocycles. The molecule has 0 spiro atoms. The van der Waals surface area contributed by atoms with Gasteiger partial charge >= 0.3 is 5.97 Å². The van der Waals surface area contributed by atoms with Gasteiger partial charge in [0.2, 0.25) is 0 Å². The van der Waals surface area contributed by atoms with Gasteiger partial charge in [0.25, 0.3) is 0 Å². The van der Waals surface area contributed by atoms with Crippen LogP contribution in [0.4, 0.5) is 5.82 Å². The molecule has 0 amide bonds. The molecule has 4 saturated carbocycles. The lowest BCUT2D eigenvalue weighted by Gasteiger charge is -2.56. The molecule has 3 heterocycles. The topological polar surface area (TPSA) is 132 Å². The number of carbonyl (C=O) groups is 1. The zero-order valence-electron chi connectivity index (χ0n) is 18.9. The average molecular weight is 457 g/mol. The van der Waals surface area contributed by atoms with E-state index in [9.17, 15) is 15.0 Å². The summed E-state index contributed by atoms with van der Waals surface area (Å²) >= 11 is 0. The standard InChI is InChI=1S/C24H32N4O5/c1-23(18-3-2-16-22(25)26-12-27-28(16)18)21(31)20(30)17(33-23)11-32-19(29)10-24-7-13-4-14(8-24)6-15(5-13)9-24/h2-3,12-15,17,20-21,30-31H,4-11H2,1H3,(H2,25,26,27)/t13-,14?,15?,17-,20-,21-,23+,24+/m1/s1. The fourth-order valence-corrected chi connectivity index (χ4v) is 7.70. The first kappa shape index (κ1) is 21.3. The molecule has 9 nitrogen and oxygen atoms in total. The van der Waals surface area contributed by atoms with Crippen LogP contribution in [0.25, 0.3) is 5.52 Å². The Labute approximate surface area is 192 Å². The molecule has 4 bridgehead atoms. The molecule has 0 aromatic carbocycles. The largest absolute Gasteiger partial charge is 0.463 e. The van der Waals surface area contributed by atoms with E-state index in [4.69, 9.17) is 15.2 Å². The molecule has 2 aromatic heterocycles. The lowest BCUT2D eigenvalue weighted by Crippen LogP contribution is -2.47. The quantitative estimate of drug-likeness (QED) is 0.580. The number of anilines is 1. The van der Waals surface area contributed by atoms with Gasteiger partial charge in [-0.25, -0.2) is 9.50 Å². The van der Waals surface area contributed by atoms with E-state index in [2.05, 4.69) is 10.1 Å². The van der Waals surface area contributed by atoms with Gasteiger partial charge in [0.05, 0.1) is 12.1 Å². The predicted molar refractivity (Wildman–Crippen MR) is 118 cm³/mol. The molecule has 0 radical (unpaired) electrons. The van der Waals surface area contributed by atoms with Crippen molar-refractivity contribution in [2.24, 2.45) is 23.2 Å². The van der Waals surface area contributed by atoms with Crippen LogP contribution in [0.15, 0.2) is 18.5 Å². The maximum absolute atomic E-state index is 12.8. The molecule has 5 fully saturated rings. The Balaban J connectivity index is 1.13. The highest BCUT2D eigenvalue weighted by Gasteiger charge is 2.55. The molecular weight excluding hydrogens is 424 g/mol. The van der Waals surface area contributed by atoms with Crippen LogP contribution in [0.3, 0.4) is 0 Å². The lowest BCUT2D eigenvalue weighted by atomic mass is 9.49. The smallest absolute Gasteiger partial charge is 0.306 e. The molecule has 1 aliphatic heterocycles. The predicted octanol–water partition coefficient (Wildman–Crippen LogP) is 1.80. The van der Waals surface area contributed by atoms with Gasteiger partial charge < -0.3 is 25.4 Å². The van der Waals surface area contributed by atoms with Crippen molar-refractivity contribution in [1.29, 1.82) is 0 Å². The lowest BCUT2D eigenvalue weighted by molar-refractivity contribution is -0.159. The van der Waals surface area contributed by atoms with E-state index in [-0.39, 0.29) is 18.0 Å². The van der Waals surface area contributed by atoms with Crippen molar-refractivity contribution >= 4 is 17.3 Å². The van der Waals surface area contributed by atoms with Crippen LogP contribution in [0.1, 0.15) is 57.6 Å². The Kier molecular flexibility index (Phi) is 4.77. The van der Waals surface area contributed by atoms with Crippen LogP contribution in [0.5, 0.6) is 0 Å². The Morgan fingerprint density at radius 3 is 2.55 bits per heavy atom. The number of aliphatic hydroxyl groups excluding tert-OH is 2. The molecule has 9 heteroatoms. The van der Waals surface area contributed by atoms with Gasteiger partial charge in [0, 0.05) is 0 Å². The first-order valence-corrected chi connectivity index (χ1v) is 12.0. The molecule has 4 aliphatic carbocycles. The first-order valence-electron chi connectivity index (χ1n) is 12.0.